The lowest BCUT2D eigenvalue weighted by Gasteiger charge is -2.18. The molecule has 0 saturated carbocycles. The van der Waals surface area contributed by atoms with Crippen molar-refractivity contribution in [2.75, 3.05) is 0 Å². The Morgan fingerprint density at radius 3 is 1.09 bits per heavy atom. The summed E-state index contributed by atoms with van der Waals surface area (Å²) in [6.07, 6.45) is 0. The number of phenols is 12. The third-order valence-corrected chi connectivity index (χ3v) is 6.00. The molecular weight excluding hydrogens is 616 g/mol. The van der Waals surface area contributed by atoms with E-state index < -0.39 is 92.0 Å². The van der Waals surface area contributed by atoms with Gasteiger partial charge in [-0.3, -0.25) is 0 Å². The lowest BCUT2D eigenvalue weighted by Crippen LogP contribution is -1.94. The van der Waals surface area contributed by atoms with E-state index in [0.29, 0.717) is 0 Å². The van der Waals surface area contributed by atoms with Crippen molar-refractivity contribution in [2.45, 2.75) is 0 Å². The van der Waals surface area contributed by atoms with Crippen LogP contribution in [0.5, 0.6) is 115 Å². The van der Waals surface area contributed by atoms with Gasteiger partial charge in [-0.15, -0.1) is 0 Å². The lowest BCUT2D eigenvalue weighted by molar-refractivity contribution is 0.323. The topological polar surface area (TPSA) is 280 Å². The van der Waals surface area contributed by atoms with Gasteiger partial charge in [0.05, 0.1) is 0 Å². The van der Waals surface area contributed by atoms with Crippen molar-refractivity contribution in [3.63, 3.8) is 0 Å². The van der Waals surface area contributed by atoms with Gasteiger partial charge in [0.2, 0.25) is 34.5 Å². The van der Waals surface area contributed by atoms with E-state index in [1.807, 2.05) is 0 Å². The molecule has 0 saturated heterocycles. The van der Waals surface area contributed by atoms with E-state index >= 15 is 0 Å². The fourth-order valence-electron chi connectivity index (χ4n) is 4.03. The van der Waals surface area contributed by atoms with E-state index in [2.05, 4.69) is 0 Å². The molecule has 46 heavy (non-hydrogen) atoms. The van der Waals surface area contributed by atoms with Crippen LogP contribution in [-0.4, -0.2) is 61.3 Å². The fourth-order valence-corrected chi connectivity index (χ4v) is 4.03. The van der Waals surface area contributed by atoms with Gasteiger partial charge in [0.1, 0.15) is 34.5 Å². The summed E-state index contributed by atoms with van der Waals surface area (Å²) in [5.74, 6) is -12.9. The van der Waals surface area contributed by atoms with Gasteiger partial charge in [-0.1, -0.05) is 0 Å². The minimum Gasteiger partial charge on any atom is -0.508 e. The number of rotatable bonds is 8. The van der Waals surface area contributed by atoms with Crippen LogP contribution < -0.4 is 18.9 Å². The zero-order valence-electron chi connectivity index (χ0n) is 22.8. The molecule has 0 aromatic heterocycles. The first-order chi connectivity index (χ1) is 21.7. The molecule has 0 spiro atoms. The van der Waals surface area contributed by atoms with Crippen molar-refractivity contribution in [1.82, 2.24) is 0 Å². The largest absolute Gasteiger partial charge is 0.508 e. The highest BCUT2D eigenvalue weighted by molar-refractivity contribution is 5.68. The molecule has 0 radical (unpaired) electrons. The van der Waals surface area contributed by atoms with Crippen LogP contribution in [0.25, 0.3) is 0 Å². The molecule has 0 unspecified atom stereocenters. The van der Waals surface area contributed by atoms with Gasteiger partial charge in [-0.2, -0.15) is 0 Å². The molecule has 0 aliphatic carbocycles. The van der Waals surface area contributed by atoms with Crippen molar-refractivity contribution in [3.8, 4) is 115 Å². The lowest BCUT2D eigenvalue weighted by atomic mass is 10.2. The average molecular weight is 638 g/mol. The van der Waals surface area contributed by atoms with Crippen LogP contribution in [0.3, 0.4) is 0 Å². The molecule has 0 amide bonds. The SMILES string of the molecule is Oc1cc(O)cc(Oc2c(O)cc(Oc3c(Oc4c(O)cc(Oc5c(O)cc(O)cc5O)cc4O)cc(O)c(O)c3O)cc2O)c1. The van der Waals surface area contributed by atoms with Gasteiger partial charge >= 0.3 is 0 Å². The van der Waals surface area contributed by atoms with Crippen LogP contribution in [0.15, 0.2) is 60.7 Å². The second-order valence-electron chi connectivity index (χ2n) is 9.41. The summed E-state index contributed by atoms with van der Waals surface area (Å²) in [5, 5.41) is 121. The molecule has 5 aromatic carbocycles. The summed E-state index contributed by atoms with van der Waals surface area (Å²) in [6.45, 7) is 0. The van der Waals surface area contributed by atoms with Crippen LogP contribution in [0, 0.1) is 0 Å². The second kappa shape index (κ2) is 11.5. The molecule has 16 heteroatoms. The van der Waals surface area contributed by atoms with Crippen molar-refractivity contribution < 1.29 is 80.2 Å². The van der Waals surface area contributed by atoms with Crippen molar-refractivity contribution in [1.29, 1.82) is 0 Å². The fraction of sp³-hybridized carbons (Fsp3) is 0. The van der Waals surface area contributed by atoms with Gasteiger partial charge in [0.25, 0.3) is 0 Å². The zero-order chi connectivity index (χ0) is 33.4. The smallest absolute Gasteiger partial charge is 0.215 e. The van der Waals surface area contributed by atoms with Gasteiger partial charge in [-0.05, 0) is 0 Å². The van der Waals surface area contributed by atoms with Gasteiger partial charge in [-0.25, -0.2) is 0 Å². The summed E-state index contributed by atoms with van der Waals surface area (Å²) in [4.78, 5) is 0. The minimum absolute atomic E-state index is 0.166. The standard InChI is InChI=1S/C30H22O16/c31-11-1-12(32)3-14(2-11)43-28-20(37)8-16(9-21(28)38)45-30-24(10-17(34)25(41)26(30)42)46-29-22(39)6-15(7-23(29)40)44-27-18(35)4-13(33)5-19(27)36/h1-10,31-42H. The molecule has 0 atom stereocenters. The number of phenolic OH excluding ortho intramolecular Hbond substituents is 12. The maximum Gasteiger partial charge on any atom is 0.215 e. The highest BCUT2D eigenvalue weighted by Gasteiger charge is 2.25. The minimum atomic E-state index is -1.11. The monoisotopic (exact) mass is 638 g/mol. The van der Waals surface area contributed by atoms with Crippen LogP contribution in [0.1, 0.15) is 0 Å². The number of benzene rings is 5. The summed E-state index contributed by atoms with van der Waals surface area (Å²) >= 11 is 0. The summed E-state index contributed by atoms with van der Waals surface area (Å²) in [6, 6.07) is 9.15. The predicted molar refractivity (Wildman–Crippen MR) is 152 cm³/mol. The van der Waals surface area contributed by atoms with Crippen LogP contribution >= 0.6 is 0 Å². The predicted octanol–water partition coefficient (Wildman–Crippen LogP) is 5.32. The Morgan fingerprint density at radius 1 is 0.283 bits per heavy atom. The molecule has 16 nitrogen and oxygen atoms in total. The van der Waals surface area contributed by atoms with Crippen molar-refractivity contribution in [3.05, 3.63) is 60.7 Å². The van der Waals surface area contributed by atoms with Crippen LogP contribution in [0.4, 0.5) is 0 Å². The molecule has 238 valence electrons. The van der Waals surface area contributed by atoms with Gasteiger partial charge in [0.15, 0.2) is 46.0 Å². The highest BCUT2D eigenvalue weighted by atomic mass is 16.5. The summed E-state index contributed by atoms with van der Waals surface area (Å²) in [5.41, 5.74) is 0. The van der Waals surface area contributed by atoms with Crippen molar-refractivity contribution >= 4 is 0 Å². The number of ether oxygens (including phenoxy) is 4. The Morgan fingerprint density at radius 2 is 0.630 bits per heavy atom. The Bertz CT molecular complexity index is 1900. The molecule has 5 aromatic rings. The first kappa shape index (κ1) is 30.4. The van der Waals surface area contributed by atoms with Gasteiger partial charge < -0.3 is 80.2 Å². The average Bonchev–Trinajstić information content (AvgIpc) is 2.95. The van der Waals surface area contributed by atoms with Crippen LogP contribution in [-0.2, 0) is 0 Å². The summed E-state index contributed by atoms with van der Waals surface area (Å²) in [7, 11) is 0. The molecule has 0 aliphatic rings. The Balaban J connectivity index is 1.46. The quantitative estimate of drug-likeness (QED) is 0.0957. The summed E-state index contributed by atoms with van der Waals surface area (Å²) < 4.78 is 21.6. The maximum atomic E-state index is 10.6. The number of hydrogen-bond acceptors (Lipinski definition) is 16. The number of hydrogen-bond donors (Lipinski definition) is 12. The third-order valence-electron chi connectivity index (χ3n) is 6.00. The second-order valence-corrected chi connectivity index (χ2v) is 9.41. The highest BCUT2D eigenvalue weighted by Crippen LogP contribution is 2.55. The van der Waals surface area contributed by atoms with E-state index in [9.17, 15) is 61.3 Å². The molecular formula is C30H22O16. The maximum absolute atomic E-state index is 10.6. The molecule has 0 fully saturated rings. The Labute approximate surface area is 256 Å². The number of aromatic hydroxyl groups is 12. The zero-order valence-corrected chi connectivity index (χ0v) is 22.8. The normalized spacial score (nSPS) is 10.8. The van der Waals surface area contributed by atoms with E-state index in [1.54, 1.807) is 0 Å². The molecule has 0 heterocycles. The molecule has 0 aliphatic heterocycles. The first-order valence-electron chi connectivity index (χ1n) is 12.6. The Hall–Kier alpha value is -7.10. The van der Waals surface area contributed by atoms with Crippen molar-refractivity contribution in [2.24, 2.45) is 0 Å². The molecule has 0 bridgehead atoms. The van der Waals surface area contributed by atoms with Crippen LogP contribution in [0.2, 0.25) is 0 Å². The Kier molecular flexibility index (Phi) is 7.61. The van der Waals surface area contributed by atoms with E-state index in [0.717, 1.165) is 60.7 Å². The van der Waals surface area contributed by atoms with E-state index in [4.69, 9.17) is 18.9 Å². The molecule has 12 N–H and O–H groups in total. The van der Waals surface area contributed by atoms with E-state index in [1.165, 1.54) is 0 Å². The van der Waals surface area contributed by atoms with E-state index in [-0.39, 0.29) is 23.0 Å². The van der Waals surface area contributed by atoms with Gasteiger partial charge in [0, 0.05) is 60.7 Å². The third kappa shape index (κ3) is 6.02. The molecule has 5 rings (SSSR count). The first-order valence-corrected chi connectivity index (χ1v) is 12.6.